The SMILES string of the molecule is CC1CCC(CN)(CN2CCCCC2C)CC1. The zero-order valence-electron chi connectivity index (χ0n) is 11.8. The third kappa shape index (κ3) is 3.23. The molecular formula is C15H30N2. The smallest absolute Gasteiger partial charge is 0.00671 e. The van der Waals surface area contributed by atoms with Crippen LogP contribution >= 0.6 is 0 Å². The lowest BCUT2D eigenvalue weighted by atomic mass is 9.70. The van der Waals surface area contributed by atoms with Gasteiger partial charge in [0.25, 0.3) is 0 Å². The van der Waals surface area contributed by atoms with Crippen LogP contribution in [0.2, 0.25) is 0 Å². The van der Waals surface area contributed by atoms with Crippen LogP contribution in [0.25, 0.3) is 0 Å². The van der Waals surface area contributed by atoms with Gasteiger partial charge in [-0.15, -0.1) is 0 Å². The van der Waals surface area contributed by atoms with Gasteiger partial charge in [0.05, 0.1) is 0 Å². The van der Waals surface area contributed by atoms with Gasteiger partial charge in [0.1, 0.15) is 0 Å². The van der Waals surface area contributed by atoms with Gasteiger partial charge in [-0.3, -0.25) is 0 Å². The molecule has 1 aliphatic heterocycles. The molecule has 2 fully saturated rings. The van der Waals surface area contributed by atoms with Crippen LogP contribution in [0.5, 0.6) is 0 Å². The van der Waals surface area contributed by atoms with E-state index < -0.39 is 0 Å². The van der Waals surface area contributed by atoms with Crippen LogP contribution in [0.15, 0.2) is 0 Å². The number of hydrogen-bond acceptors (Lipinski definition) is 2. The van der Waals surface area contributed by atoms with Gasteiger partial charge in [-0.05, 0) is 57.0 Å². The van der Waals surface area contributed by atoms with Crippen molar-refractivity contribution in [3.05, 3.63) is 0 Å². The maximum Gasteiger partial charge on any atom is 0.00671 e. The fourth-order valence-corrected chi connectivity index (χ4v) is 3.62. The molecule has 1 aliphatic carbocycles. The average molecular weight is 238 g/mol. The summed E-state index contributed by atoms with van der Waals surface area (Å²) in [5.41, 5.74) is 6.56. The number of rotatable bonds is 3. The molecule has 2 heteroatoms. The highest BCUT2D eigenvalue weighted by Gasteiger charge is 2.36. The molecule has 0 aromatic heterocycles. The molecule has 1 saturated carbocycles. The van der Waals surface area contributed by atoms with Crippen LogP contribution in [-0.4, -0.2) is 30.6 Å². The lowest BCUT2D eigenvalue weighted by Crippen LogP contribution is -2.49. The van der Waals surface area contributed by atoms with Crippen molar-refractivity contribution in [1.29, 1.82) is 0 Å². The molecule has 100 valence electrons. The molecule has 0 radical (unpaired) electrons. The summed E-state index contributed by atoms with van der Waals surface area (Å²) in [7, 11) is 0. The van der Waals surface area contributed by atoms with Crippen molar-refractivity contribution < 1.29 is 0 Å². The molecule has 1 atom stereocenters. The second-order valence-corrected chi connectivity index (χ2v) is 6.70. The van der Waals surface area contributed by atoms with Crippen LogP contribution in [0.1, 0.15) is 58.8 Å². The van der Waals surface area contributed by atoms with Crippen molar-refractivity contribution in [3.63, 3.8) is 0 Å². The molecule has 2 aliphatic rings. The summed E-state index contributed by atoms with van der Waals surface area (Å²) in [6.07, 6.45) is 9.68. The second kappa shape index (κ2) is 5.71. The molecule has 2 N–H and O–H groups in total. The number of nitrogens with zero attached hydrogens (tertiary/aromatic N) is 1. The van der Waals surface area contributed by atoms with Gasteiger partial charge in [0, 0.05) is 12.6 Å². The first kappa shape index (κ1) is 13.4. The Morgan fingerprint density at radius 3 is 2.41 bits per heavy atom. The Hall–Kier alpha value is -0.0800. The largest absolute Gasteiger partial charge is 0.330 e. The quantitative estimate of drug-likeness (QED) is 0.819. The molecule has 0 aromatic carbocycles. The van der Waals surface area contributed by atoms with Crippen LogP contribution in [0.3, 0.4) is 0 Å². The summed E-state index contributed by atoms with van der Waals surface area (Å²) < 4.78 is 0. The highest BCUT2D eigenvalue weighted by Crippen LogP contribution is 2.39. The van der Waals surface area contributed by atoms with Gasteiger partial charge in [0.15, 0.2) is 0 Å². The van der Waals surface area contributed by atoms with E-state index in [1.807, 2.05) is 0 Å². The van der Waals surface area contributed by atoms with Crippen molar-refractivity contribution in [2.24, 2.45) is 17.1 Å². The summed E-state index contributed by atoms with van der Waals surface area (Å²) in [4.78, 5) is 2.71. The van der Waals surface area contributed by atoms with Crippen LogP contribution < -0.4 is 5.73 Å². The molecular weight excluding hydrogens is 208 g/mol. The Balaban J connectivity index is 1.94. The Kier molecular flexibility index (Phi) is 4.48. The molecule has 0 amide bonds. The zero-order chi connectivity index (χ0) is 12.3. The molecule has 17 heavy (non-hydrogen) atoms. The maximum absolute atomic E-state index is 6.12. The number of piperidine rings is 1. The molecule has 0 spiro atoms. The average Bonchev–Trinajstić information content (AvgIpc) is 2.35. The summed E-state index contributed by atoms with van der Waals surface area (Å²) in [5, 5.41) is 0. The van der Waals surface area contributed by atoms with E-state index in [0.717, 1.165) is 18.5 Å². The lowest BCUT2D eigenvalue weighted by Gasteiger charge is -2.45. The Labute approximate surface area is 107 Å². The van der Waals surface area contributed by atoms with Gasteiger partial charge in [-0.2, -0.15) is 0 Å². The second-order valence-electron chi connectivity index (χ2n) is 6.70. The van der Waals surface area contributed by atoms with Gasteiger partial charge < -0.3 is 10.6 Å². The van der Waals surface area contributed by atoms with E-state index in [1.165, 1.54) is 58.0 Å². The fourth-order valence-electron chi connectivity index (χ4n) is 3.62. The van der Waals surface area contributed by atoms with E-state index in [0.29, 0.717) is 5.41 Å². The Morgan fingerprint density at radius 2 is 1.82 bits per heavy atom. The molecule has 0 aromatic rings. The van der Waals surface area contributed by atoms with Crippen molar-refractivity contribution in [3.8, 4) is 0 Å². The van der Waals surface area contributed by atoms with Gasteiger partial charge in [-0.25, -0.2) is 0 Å². The maximum atomic E-state index is 6.12. The molecule has 1 unspecified atom stereocenters. The Morgan fingerprint density at radius 1 is 1.12 bits per heavy atom. The minimum absolute atomic E-state index is 0.443. The van der Waals surface area contributed by atoms with Gasteiger partial charge >= 0.3 is 0 Å². The van der Waals surface area contributed by atoms with Crippen LogP contribution in [0.4, 0.5) is 0 Å². The summed E-state index contributed by atoms with van der Waals surface area (Å²) in [6.45, 7) is 8.25. The van der Waals surface area contributed by atoms with Gasteiger partial charge in [-0.1, -0.05) is 26.2 Å². The summed E-state index contributed by atoms with van der Waals surface area (Å²) in [6, 6.07) is 0.784. The summed E-state index contributed by atoms with van der Waals surface area (Å²) >= 11 is 0. The molecule has 0 bridgehead atoms. The van der Waals surface area contributed by atoms with E-state index >= 15 is 0 Å². The van der Waals surface area contributed by atoms with Crippen LogP contribution in [-0.2, 0) is 0 Å². The lowest BCUT2D eigenvalue weighted by molar-refractivity contribution is 0.0570. The fraction of sp³-hybridized carbons (Fsp3) is 1.00. The number of hydrogen-bond donors (Lipinski definition) is 1. The molecule has 1 saturated heterocycles. The molecule has 2 nitrogen and oxygen atoms in total. The first-order chi connectivity index (χ1) is 8.15. The van der Waals surface area contributed by atoms with E-state index in [9.17, 15) is 0 Å². The highest BCUT2D eigenvalue weighted by atomic mass is 15.2. The van der Waals surface area contributed by atoms with Crippen molar-refractivity contribution in [1.82, 2.24) is 4.90 Å². The van der Waals surface area contributed by atoms with E-state index in [4.69, 9.17) is 5.73 Å². The van der Waals surface area contributed by atoms with Gasteiger partial charge in [0.2, 0.25) is 0 Å². The number of nitrogens with two attached hydrogens (primary N) is 1. The molecule has 2 rings (SSSR count). The first-order valence-corrected chi connectivity index (χ1v) is 7.59. The third-order valence-electron chi connectivity index (χ3n) is 5.25. The monoisotopic (exact) mass is 238 g/mol. The number of likely N-dealkylation sites (tertiary alicyclic amines) is 1. The topological polar surface area (TPSA) is 29.3 Å². The predicted octanol–water partition coefficient (Wildman–Crippen LogP) is 3.02. The van der Waals surface area contributed by atoms with Crippen molar-refractivity contribution in [2.75, 3.05) is 19.6 Å². The van der Waals surface area contributed by atoms with E-state index in [1.54, 1.807) is 0 Å². The third-order valence-corrected chi connectivity index (χ3v) is 5.25. The molecule has 1 heterocycles. The predicted molar refractivity (Wildman–Crippen MR) is 74.0 cm³/mol. The normalized spacial score (nSPS) is 40.4. The highest BCUT2D eigenvalue weighted by molar-refractivity contribution is 4.90. The Bertz CT molecular complexity index is 231. The zero-order valence-corrected chi connectivity index (χ0v) is 11.8. The van der Waals surface area contributed by atoms with E-state index in [2.05, 4.69) is 18.7 Å². The van der Waals surface area contributed by atoms with Crippen molar-refractivity contribution in [2.45, 2.75) is 64.8 Å². The minimum Gasteiger partial charge on any atom is -0.330 e. The first-order valence-electron chi connectivity index (χ1n) is 7.59. The minimum atomic E-state index is 0.443. The van der Waals surface area contributed by atoms with Crippen LogP contribution in [0, 0.1) is 11.3 Å². The standard InChI is InChI=1S/C15H30N2/c1-13-6-8-15(11-16,9-7-13)12-17-10-4-3-5-14(17)2/h13-14H,3-12,16H2,1-2H3. The summed E-state index contributed by atoms with van der Waals surface area (Å²) in [5.74, 6) is 0.924. The van der Waals surface area contributed by atoms with E-state index in [-0.39, 0.29) is 0 Å². The van der Waals surface area contributed by atoms with Crippen molar-refractivity contribution >= 4 is 0 Å².